The maximum atomic E-state index is 13.0. The Balaban J connectivity index is 1.55. The van der Waals surface area contributed by atoms with Crippen LogP contribution in [-0.2, 0) is 0 Å². The van der Waals surface area contributed by atoms with Gasteiger partial charge in [0.1, 0.15) is 11.7 Å². The molecule has 4 rings (SSSR count). The number of aromatic nitrogens is 1. The lowest BCUT2D eigenvalue weighted by Crippen LogP contribution is -2.23. The van der Waals surface area contributed by atoms with E-state index in [1.807, 2.05) is 39.1 Å². The van der Waals surface area contributed by atoms with Crippen LogP contribution in [0.2, 0.25) is 0 Å². The molecule has 0 fully saturated rings. The van der Waals surface area contributed by atoms with Crippen LogP contribution >= 0.6 is 15.9 Å². The number of benzene rings is 2. The van der Waals surface area contributed by atoms with Crippen molar-refractivity contribution in [2.75, 3.05) is 30.8 Å². The number of aliphatic imine (C=N–C) groups is 1. The van der Waals surface area contributed by atoms with Gasteiger partial charge in [0.15, 0.2) is 0 Å². The number of anilines is 2. The SMILES string of the molecule is Cc1cc(NC(=O)c2ccc(C3=NCCN3C)cc2)c(C(=O)Nc2ccc(Br)cn2)cc1C. The highest BCUT2D eigenvalue weighted by Gasteiger charge is 2.18. The van der Waals surface area contributed by atoms with Crippen molar-refractivity contribution in [2.24, 2.45) is 4.99 Å². The number of amidine groups is 1. The van der Waals surface area contributed by atoms with Crippen LogP contribution in [0.25, 0.3) is 0 Å². The fourth-order valence-electron chi connectivity index (χ4n) is 3.55. The van der Waals surface area contributed by atoms with Crippen molar-refractivity contribution >= 4 is 45.1 Å². The molecule has 0 saturated carbocycles. The maximum absolute atomic E-state index is 13.0. The van der Waals surface area contributed by atoms with Gasteiger partial charge in [-0.05, 0) is 77.3 Å². The Morgan fingerprint density at radius 3 is 2.33 bits per heavy atom. The van der Waals surface area contributed by atoms with Gasteiger partial charge in [0.25, 0.3) is 11.8 Å². The average molecular weight is 506 g/mol. The number of nitrogens with zero attached hydrogens (tertiary/aromatic N) is 3. The predicted molar refractivity (Wildman–Crippen MR) is 134 cm³/mol. The molecule has 0 atom stereocenters. The average Bonchev–Trinajstić information content (AvgIpc) is 3.23. The number of carbonyl (C=O) groups is 2. The van der Waals surface area contributed by atoms with Crippen molar-refractivity contribution in [1.82, 2.24) is 9.88 Å². The summed E-state index contributed by atoms with van der Waals surface area (Å²) in [4.78, 5) is 36.8. The molecule has 33 heavy (non-hydrogen) atoms. The normalized spacial score (nSPS) is 13.0. The lowest BCUT2D eigenvalue weighted by Gasteiger charge is -2.15. The van der Waals surface area contributed by atoms with E-state index in [1.165, 1.54) is 0 Å². The van der Waals surface area contributed by atoms with Gasteiger partial charge in [0.05, 0.1) is 17.8 Å². The molecule has 2 heterocycles. The number of hydrogen-bond acceptors (Lipinski definition) is 5. The Kier molecular flexibility index (Phi) is 6.55. The van der Waals surface area contributed by atoms with Crippen LogP contribution in [-0.4, -0.2) is 47.7 Å². The van der Waals surface area contributed by atoms with Crippen LogP contribution in [0.4, 0.5) is 11.5 Å². The van der Waals surface area contributed by atoms with E-state index < -0.39 is 0 Å². The molecule has 1 aromatic heterocycles. The van der Waals surface area contributed by atoms with Gasteiger partial charge in [0, 0.05) is 35.4 Å². The number of aryl methyl sites for hydroxylation is 2. The van der Waals surface area contributed by atoms with Crippen molar-refractivity contribution in [3.63, 3.8) is 0 Å². The first kappa shape index (κ1) is 22.7. The zero-order valence-electron chi connectivity index (χ0n) is 18.6. The number of nitrogens with one attached hydrogen (secondary N) is 2. The van der Waals surface area contributed by atoms with Crippen molar-refractivity contribution in [1.29, 1.82) is 0 Å². The molecule has 0 radical (unpaired) electrons. The first-order chi connectivity index (χ1) is 15.8. The Labute approximate surface area is 201 Å². The molecule has 0 aliphatic carbocycles. The van der Waals surface area contributed by atoms with E-state index in [0.29, 0.717) is 22.6 Å². The quantitative estimate of drug-likeness (QED) is 0.527. The molecule has 1 aliphatic rings. The fraction of sp³-hybridized carbons (Fsp3) is 0.200. The number of rotatable bonds is 5. The van der Waals surface area contributed by atoms with E-state index in [-0.39, 0.29) is 11.8 Å². The van der Waals surface area contributed by atoms with E-state index in [4.69, 9.17) is 0 Å². The van der Waals surface area contributed by atoms with Crippen LogP contribution in [0, 0.1) is 13.8 Å². The Bertz CT molecular complexity index is 1240. The van der Waals surface area contributed by atoms with Crippen molar-refractivity contribution < 1.29 is 9.59 Å². The molecule has 168 valence electrons. The number of hydrogen-bond donors (Lipinski definition) is 2. The van der Waals surface area contributed by atoms with Gasteiger partial charge < -0.3 is 15.5 Å². The topological polar surface area (TPSA) is 86.7 Å². The summed E-state index contributed by atoms with van der Waals surface area (Å²) in [5, 5.41) is 5.69. The highest BCUT2D eigenvalue weighted by atomic mass is 79.9. The number of pyridine rings is 1. The Hall–Kier alpha value is -3.52. The van der Waals surface area contributed by atoms with Gasteiger partial charge in [0.2, 0.25) is 0 Å². The highest BCUT2D eigenvalue weighted by Crippen LogP contribution is 2.23. The van der Waals surface area contributed by atoms with E-state index in [9.17, 15) is 9.59 Å². The van der Waals surface area contributed by atoms with Gasteiger partial charge in [-0.25, -0.2) is 4.98 Å². The summed E-state index contributed by atoms with van der Waals surface area (Å²) in [5.74, 6) is 0.717. The van der Waals surface area contributed by atoms with Crippen LogP contribution in [0.3, 0.4) is 0 Å². The van der Waals surface area contributed by atoms with Crippen molar-refractivity contribution in [3.05, 3.63) is 87.0 Å². The molecule has 1 aliphatic heterocycles. The zero-order chi connectivity index (χ0) is 23.5. The van der Waals surface area contributed by atoms with Crippen LogP contribution < -0.4 is 10.6 Å². The molecule has 7 nitrogen and oxygen atoms in total. The third kappa shape index (κ3) is 5.12. The van der Waals surface area contributed by atoms with Crippen LogP contribution in [0.1, 0.15) is 37.4 Å². The number of halogens is 1. The molecule has 3 aromatic rings. The summed E-state index contributed by atoms with van der Waals surface area (Å²) < 4.78 is 0.817. The molecule has 2 N–H and O–H groups in total. The number of likely N-dealkylation sites (N-methyl/N-ethyl adjacent to an activating group) is 1. The van der Waals surface area contributed by atoms with E-state index in [2.05, 4.69) is 41.4 Å². The van der Waals surface area contributed by atoms with E-state index in [0.717, 1.165) is 40.1 Å². The molecule has 8 heteroatoms. The van der Waals surface area contributed by atoms with Gasteiger partial charge >= 0.3 is 0 Å². The van der Waals surface area contributed by atoms with Crippen LogP contribution in [0.5, 0.6) is 0 Å². The summed E-state index contributed by atoms with van der Waals surface area (Å²) in [6, 6.07) is 14.4. The summed E-state index contributed by atoms with van der Waals surface area (Å²) in [7, 11) is 2.00. The first-order valence-corrected chi connectivity index (χ1v) is 11.3. The van der Waals surface area contributed by atoms with Gasteiger partial charge in [-0.3, -0.25) is 14.6 Å². The lowest BCUT2D eigenvalue weighted by atomic mass is 10.0. The molecule has 2 amide bonds. The first-order valence-electron chi connectivity index (χ1n) is 10.5. The molecule has 0 unspecified atom stereocenters. The Morgan fingerprint density at radius 1 is 0.970 bits per heavy atom. The largest absolute Gasteiger partial charge is 0.358 e. The molecule has 2 aromatic carbocycles. The molecule has 0 spiro atoms. The molecule has 0 saturated heterocycles. The minimum atomic E-state index is -0.346. The molecule has 0 bridgehead atoms. The molecular formula is C25H24BrN5O2. The van der Waals surface area contributed by atoms with Gasteiger partial charge in [-0.2, -0.15) is 0 Å². The Morgan fingerprint density at radius 2 is 1.70 bits per heavy atom. The minimum Gasteiger partial charge on any atom is -0.358 e. The van der Waals surface area contributed by atoms with Gasteiger partial charge in [-0.1, -0.05) is 12.1 Å². The minimum absolute atomic E-state index is 0.290. The maximum Gasteiger partial charge on any atom is 0.258 e. The number of amides is 2. The zero-order valence-corrected chi connectivity index (χ0v) is 20.2. The lowest BCUT2D eigenvalue weighted by molar-refractivity contribution is 0.102. The summed E-state index contributed by atoms with van der Waals surface area (Å²) in [6.07, 6.45) is 1.61. The third-order valence-corrected chi connectivity index (χ3v) is 6.03. The third-order valence-electron chi connectivity index (χ3n) is 5.56. The molecular weight excluding hydrogens is 482 g/mol. The summed E-state index contributed by atoms with van der Waals surface area (Å²) >= 11 is 3.33. The second-order valence-electron chi connectivity index (χ2n) is 7.96. The monoisotopic (exact) mass is 505 g/mol. The van der Waals surface area contributed by atoms with Crippen molar-refractivity contribution in [2.45, 2.75) is 13.8 Å². The fourth-order valence-corrected chi connectivity index (χ4v) is 3.78. The van der Waals surface area contributed by atoms with Gasteiger partial charge in [-0.15, -0.1) is 0 Å². The second-order valence-corrected chi connectivity index (χ2v) is 8.87. The highest BCUT2D eigenvalue weighted by molar-refractivity contribution is 9.10. The smallest absolute Gasteiger partial charge is 0.258 e. The van der Waals surface area contributed by atoms with E-state index >= 15 is 0 Å². The standard InChI is InChI=1S/C25H24BrN5O2/c1-15-12-20(25(33)30-22-9-8-19(26)14-28-22)21(13-16(15)2)29-24(32)18-6-4-17(5-7-18)23-27-10-11-31(23)3/h4-9,12-14H,10-11H2,1-3H3,(H,29,32)(H,28,30,33). The summed E-state index contributed by atoms with van der Waals surface area (Å²) in [6.45, 7) is 5.54. The van der Waals surface area contributed by atoms with Crippen LogP contribution in [0.15, 0.2) is 64.2 Å². The van der Waals surface area contributed by atoms with Crippen molar-refractivity contribution in [3.8, 4) is 0 Å². The van der Waals surface area contributed by atoms with E-state index in [1.54, 1.807) is 36.5 Å². The number of carbonyl (C=O) groups excluding carboxylic acids is 2. The second kappa shape index (κ2) is 9.54. The summed E-state index contributed by atoms with van der Waals surface area (Å²) in [5.41, 5.74) is 4.21. The predicted octanol–water partition coefficient (Wildman–Crippen LogP) is 4.66.